The first-order valence-corrected chi connectivity index (χ1v) is 7.18. The Morgan fingerprint density at radius 1 is 1.32 bits per heavy atom. The summed E-state index contributed by atoms with van der Waals surface area (Å²) in [4.78, 5) is 5.13. The van der Waals surface area contributed by atoms with E-state index in [4.69, 9.17) is 15.2 Å². The van der Waals surface area contributed by atoms with E-state index in [1.165, 1.54) is 0 Å². The minimum Gasteiger partial charge on any atom is -0.490 e. The van der Waals surface area contributed by atoms with E-state index in [2.05, 4.69) is 4.98 Å². The Hall–Kier alpha value is -1.59. The molecule has 2 rings (SSSR count). The van der Waals surface area contributed by atoms with Gasteiger partial charge in [0.05, 0.1) is 17.0 Å². The highest BCUT2D eigenvalue weighted by molar-refractivity contribution is 7.09. The van der Waals surface area contributed by atoms with Crippen LogP contribution in [0.25, 0.3) is 0 Å². The maximum absolute atomic E-state index is 5.91. The van der Waals surface area contributed by atoms with Crippen LogP contribution in [0, 0.1) is 0 Å². The predicted octanol–water partition coefficient (Wildman–Crippen LogP) is 2.62. The highest BCUT2D eigenvalue weighted by Gasteiger charge is 2.11. The van der Waals surface area contributed by atoms with Crippen LogP contribution >= 0.6 is 11.3 Å². The minimum absolute atomic E-state index is 0.506. The smallest absolute Gasteiger partial charge is 0.164 e. The molecule has 19 heavy (non-hydrogen) atoms. The molecular formula is C14H18N2O2S. The summed E-state index contributed by atoms with van der Waals surface area (Å²) in [7, 11) is 0. The molecule has 0 bridgehead atoms. The number of thiazole rings is 1. The molecular weight excluding hydrogens is 260 g/mol. The van der Waals surface area contributed by atoms with Gasteiger partial charge in [0.2, 0.25) is 0 Å². The lowest BCUT2D eigenvalue weighted by Crippen LogP contribution is -2.07. The van der Waals surface area contributed by atoms with Crippen molar-refractivity contribution in [2.75, 3.05) is 13.2 Å². The summed E-state index contributed by atoms with van der Waals surface area (Å²) in [5.74, 6) is 1.57. The number of nitrogens with zero attached hydrogens (tertiary/aromatic N) is 1. The van der Waals surface area contributed by atoms with Crippen LogP contribution in [0.5, 0.6) is 11.5 Å². The summed E-state index contributed by atoms with van der Waals surface area (Å²) in [6.07, 6.45) is 2.59. The van der Waals surface area contributed by atoms with Crippen LogP contribution in [0.2, 0.25) is 0 Å². The molecule has 0 amide bonds. The lowest BCUT2D eigenvalue weighted by molar-refractivity contribution is 0.268. The normalized spacial score (nSPS) is 10.4. The fraction of sp³-hybridized carbons (Fsp3) is 0.357. The summed E-state index contributed by atoms with van der Waals surface area (Å²) in [5.41, 5.74) is 8.52. The minimum atomic E-state index is 0.506. The average Bonchev–Trinajstić information content (AvgIpc) is 2.92. The molecule has 0 aliphatic heterocycles. The third-order valence-electron chi connectivity index (χ3n) is 2.62. The van der Waals surface area contributed by atoms with Crippen LogP contribution in [0.15, 0.2) is 29.9 Å². The van der Waals surface area contributed by atoms with Crippen molar-refractivity contribution in [1.82, 2.24) is 4.98 Å². The van der Waals surface area contributed by atoms with Crippen molar-refractivity contribution in [1.29, 1.82) is 0 Å². The van der Waals surface area contributed by atoms with Crippen molar-refractivity contribution < 1.29 is 9.47 Å². The third-order valence-corrected chi connectivity index (χ3v) is 3.37. The molecule has 0 radical (unpaired) electrons. The Morgan fingerprint density at radius 3 is 2.89 bits per heavy atom. The number of aromatic nitrogens is 1. The number of hydrogen-bond acceptors (Lipinski definition) is 5. The van der Waals surface area contributed by atoms with Gasteiger partial charge in [-0.15, -0.1) is 11.3 Å². The zero-order valence-electron chi connectivity index (χ0n) is 11.0. The molecule has 0 atom stereocenters. The van der Waals surface area contributed by atoms with Gasteiger partial charge in [-0.3, -0.25) is 4.98 Å². The number of para-hydroxylation sites is 1. The number of nitrogens with two attached hydrogens (primary N) is 1. The molecule has 0 spiro atoms. The zero-order chi connectivity index (χ0) is 13.5. The fourth-order valence-corrected chi connectivity index (χ4v) is 2.31. The standard InChI is InChI=1S/C14H18N2O2S/c1-2-17-13-5-3-4-11(6-7-15)14(13)18-9-12-8-16-10-19-12/h3-5,8,10H,2,6-7,9,15H2,1H3. The number of benzene rings is 1. The third kappa shape index (κ3) is 3.68. The molecule has 5 heteroatoms. The summed E-state index contributed by atoms with van der Waals surface area (Å²) in [6.45, 7) is 3.67. The van der Waals surface area contributed by atoms with Crippen molar-refractivity contribution >= 4 is 11.3 Å². The van der Waals surface area contributed by atoms with Gasteiger partial charge in [-0.2, -0.15) is 0 Å². The maximum Gasteiger partial charge on any atom is 0.164 e. The first-order chi connectivity index (χ1) is 9.35. The lowest BCUT2D eigenvalue weighted by atomic mass is 10.1. The van der Waals surface area contributed by atoms with Gasteiger partial charge in [0.15, 0.2) is 11.5 Å². The average molecular weight is 278 g/mol. The summed E-state index contributed by atoms with van der Waals surface area (Å²) >= 11 is 1.58. The molecule has 1 heterocycles. The van der Waals surface area contributed by atoms with E-state index < -0.39 is 0 Å². The Balaban J connectivity index is 2.18. The molecule has 102 valence electrons. The van der Waals surface area contributed by atoms with Crippen molar-refractivity contribution in [2.45, 2.75) is 20.0 Å². The monoisotopic (exact) mass is 278 g/mol. The summed E-state index contributed by atoms with van der Waals surface area (Å²) < 4.78 is 11.5. The first kappa shape index (κ1) is 13.8. The first-order valence-electron chi connectivity index (χ1n) is 6.30. The Morgan fingerprint density at radius 2 is 2.21 bits per heavy atom. The lowest BCUT2D eigenvalue weighted by Gasteiger charge is -2.15. The van der Waals surface area contributed by atoms with Crippen molar-refractivity contribution in [2.24, 2.45) is 5.73 Å². The highest BCUT2D eigenvalue weighted by atomic mass is 32.1. The predicted molar refractivity (Wildman–Crippen MR) is 76.8 cm³/mol. The molecule has 2 aromatic rings. The largest absolute Gasteiger partial charge is 0.490 e. The van der Waals surface area contributed by atoms with Gasteiger partial charge >= 0.3 is 0 Å². The van der Waals surface area contributed by atoms with Gasteiger partial charge in [-0.25, -0.2) is 0 Å². The zero-order valence-corrected chi connectivity index (χ0v) is 11.8. The second-order valence-electron chi connectivity index (χ2n) is 3.97. The second kappa shape index (κ2) is 7.11. The van der Waals surface area contributed by atoms with Crippen molar-refractivity contribution in [3.63, 3.8) is 0 Å². The molecule has 4 nitrogen and oxygen atoms in total. The van der Waals surface area contributed by atoms with E-state index in [-0.39, 0.29) is 0 Å². The van der Waals surface area contributed by atoms with E-state index in [9.17, 15) is 0 Å². The molecule has 1 aromatic carbocycles. The van der Waals surface area contributed by atoms with E-state index in [1.54, 1.807) is 16.8 Å². The van der Waals surface area contributed by atoms with Gasteiger partial charge in [0, 0.05) is 6.20 Å². The number of ether oxygens (including phenoxy) is 2. The van der Waals surface area contributed by atoms with Crippen LogP contribution in [-0.2, 0) is 13.0 Å². The van der Waals surface area contributed by atoms with Gasteiger partial charge in [0.1, 0.15) is 6.61 Å². The van der Waals surface area contributed by atoms with Crippen LogP contribution in [0.4, 0.5) is 0 Å². The topological polar surface area (TPSA) is 57.4 Å². The van der Waals surface area contributed by atoms with E-state index in [0.29, 0.717) is 19.8 Å². The molecule has 2 N–H and O–H groups in total. The quantitative estimate of drug-likeness (QED) is 0.846. The van der Waals surface area contributed by atoms with E-state index in [0.717, 1.165) is 28.4 Å². The van der Waals surface area contributed by atoms with Crippen LogP contribution in [-0.4, -0.2) is 18.1 Å². The van der Waals surface area contributed by atoms with Crippen LogP contribution < -0.4 is 15.2 Å². The Kier molecular flexibility index (Phi) is 5.18. The Bertz CT molecular complexity index is 476. The highest BCUT2D eigenvalue weighted by Crippen LogP contribution is 2.32. The second-order valence-corrected chi connectivity index (χ2v) is 4.94. The molecule has 0 fully saturated rings. The Labute approximate surface area is 117 Å². The fourth-order valence-electron chi connectivity index (χ4n) is 1.80. The van der Waals surface area contributed by atoms with Gasteiger partial charge < -0.3 is 15.2 Å². The maximum atomic E-state index is 5.91. The summed E-state index contributed by atoms with van der Waals surface area (Å²) in [5, 5.41) is 0. The number of rotatable bonds is 7. The molecule has 0 aliphatic carbocycles. The van der Waals surface area contributed by atoms with Crippen LogP contribution in [0.1, 0.15) is 17.4 Å². The van der Waals surface area contributed by atoms with Gasteiger partial charge in [-0.1, -0.05) is 12.1 Å². The number of hydrogen-bond donors (Lipinski definition) is 1. The molecule has 1 aromatic heterocycles. The SMILES string of the molecule is CCOc1cccc(CCN)c1OCc1cncs1. The van der Waals surface area contributed by atoms with Crippen LogP contribution in [0.3, 0.4) is 0 Å². The van der Waals surface area contributed by atoms with Crippen molar-refractivity contribution in [3.8, 4) is 11.5 Å². The molecule has 0 aliphatic rings. The summed E-state index contributed by atoms with van der Waals surface area (Å²) in [6, 6.07) is 5.92. The molecule has 0 saturated heterocycles. The van der Waals surface area contributed by atoms with Gasteiger partial charge in [-0.05, 0) is 31.5 Å². The van der Waals surface area contributed by atoms with E-state index >= 15 is 0 Å². The van der Waals surface area contributed by atoms with Crippen molar-refractivity contribution in [3.05, 3.63) is 40.3 Å². The molecule has 0 saturated carbocycles. The molecule has 0 unspecified atom stereocenters. The van der Waals surface area contributed by atoms with E-state index in [1.807, 2.05) is 31.3 Å². The van der Waals surface area contributed by atoms with Gasteiger partial charge in [0.25, 0.3) is 0 Å².